The second kappa shape index (κ2) is 8.84. The third-order valence-corrected chi connectivity index (χ3v) is 7.31. The van der Waals surface area contributed by atoms with Gasteiger partial charge in [-0.05, 0) is 65.2 Å². The maximum atomic E-state index is 13.8. The van der Waals surface area contributed by atoms with Crippen molar-refractivity contribution in [1.82, 2.24) is 10.2 Å². The molecule has 33 heavy (non-hydrogen) atoms. The van der Waals surface area contributed by atoms with Gasteiger partial charge >= 0.3 is 5.97 Å². The van der Waals surface area contributed by atoms with Crippen molar-refractivity contribution in [1.29, 1.82) is 0 Å². The summed E-state index contributed by atoms with van der Waals surface area (Å²) in [5.41, 5.74) is -2.33. The van der Waals surface area contributed by atoms with Crippen molar-refractivity contribution in [2.24, 2.45) is 17.3 Å². The molecule has 3 saturated heterocycles. The average Bonchev–Trinajstić information content (AvgIpc) is 3.21. The lowest BCUT2D eigenvalue weighted by molar-refractivity contribution is -0.159. The highest BCUT2D eigenvalue weighted by Gasteiger charge is 2.78. The van der Waals surface area contributed by atoms with Crippen LogP contribution in [0.2, 0.25) is 0 Å². The molecule has 0 aromatic rings. The van der Waals surface area contributed by atoms with Gasteiger partial charge in [0, 0.05) is 18.7 Å². The number of hydrogen-bond donors (Lipinski definition) is 2. The number of fused-ring (bicyclic) bond motifs is 1. The Morgan fingerprint density at radius 2 is 1.88 bits per heavy atom. The fraction of sp³-hybridized carbons (Fsp3) is 0.880. The summed E-state index contributed by atoms with van der Waals surface area (Å²) in [5, 5.41) is 12.4. The molecule has 3 fully saturated rings. The van der Waals surface area contributed by atoms with Crippen LogP contribution in [0.1, 0.15) is 80.6 Å². The molecule has 2 unspecified atom stereocenters. The summed E-state index contributed by atoms with van der Waals surface area (Å²) >= 11 is 0. The average molecular weight is 467 g/mol. The molecule has 0 saturated carbocycles. The first-order valence-corrected chi connectivity index (χ1v) is 12.3. The van der Waals surface area contributed by atoms with Crippen LogP contribution in [0.15, 0.2) is 0 Å². The molecule has 0 radical (unpaired) electrons. The van der Waals surface area contributed by atoms with Gasteiger partial charge in [-0.2, -0.15) is 0 Å². The molecule has 2 N–H and O–H groups in total. The molecular formula is C25H42N2O6. The monoisotopic (exact) mass is 466 g/mol. The Kier molecular flexibility index (Phi) is 6.95. The van der Waals surface area contributed by atoms with Gasteiger partial charge in [0.1, 0.15) is 17.6 Å². The van der Waals surface area contributed by atoms with Gasteiger partial charge in [0.25, 0.3) is 0 Å². The van der Waals surface area contributed by atoms with Gasteiger partial charge in [-0.1, -0.05) is 20.8 Å². The quantitative estimate of drug-likeness (QED) is 0.399. The minimum absolute atomic E-state index is 0.00864. The number of likely N-dealkylation sites (tertiary alicyclic amines) is 1. The van der Waals surface area contributed by atoms with Crippen molar-refractivity contribution >= 4 is 17.8 Å². The summed E-state index contributed by atoms with van der Waals surface area (Å²) in [6, 6.07) is -0.811. The van der Waals surface area contributed by atoms with E-state index in [9.17, 15) is 19.5 Å². The van der Waals surface area contributed by atoms with Crippen molar-refractivity contribution in [3.8, 4) is 0 Å². The summed E-state index contributed by atoms with van der Waals surface area (Å²) in [6.45, 7) is 14.6. The number of hydrogen-bond acceptors (Lipinski definition) is 6. The number of aliphatic hydroxyl groups is 1. The Hall–Kier alpha value is -1.67. The van der Waals surface area contributed by atoms with Crippen LogP contribution >= 0.6 is 0 Å². The molecule has 1 spiro atoms. The molecular weight excluding hydrogens is 424 g/mol. The molecule has 8 nitrogen and oxygen atoms in total. The predicted octanol–water partition coefficient (Wildman–Crippen LogP) is 2.42. The van der Waals surface area contributed by atoms with Crippen LogP contribution in [0.25, 0.3) is 0 Å². The third-order valence-electron chi connectivity index (χ3n) is 7.31. The molecule has 3 heterocycles. The molecule has 5 atom stereocenters. The minimum atomic E-state index is -1.04. The van der Waals surface area contributed by atoms with E-state index < -0.39 is 40.6 Å². The molecule has 8 heteroatoms. The number of amides is 2. The lowest BCUT2D eigenvalue weighted by Crippen LogP contribution is -2.59. The zero-order valence-electron chi connectivity index (χ0n) is 21.3. The van der Waals surface area contributed by atoms with Crippen LogP contribution in [0, 0.1) is 17.3 Å². The Morgan fingerprint density at radius 3 is 2.45 bits per heavy atom. The molecule has 188 valence electrons. The molecule has 3 aliphatic heterocycles. The number of rotatable bonds is 9. The first kappa shape index (κ1) is 25.9. The van der Waals surface area contributed by atoms with E-state index in [0.717, 1.165) is 6.42 Å². The highest BCUT2D eigenvalue weighted by atomic mass is 16.6. The molecule has 0 aliphatic carbocycles. The highest BCUT2D eigenvalue weighted by Crippen LogP contribution is 2.63. The molecule has 3 aliphatic rings. The zero-order chi connectivity index (χ0) is 24.8. The van der Waals surface area contributed by atoms with Crippen molar-refractivity contribution in [2.45, 2.75) is 103 Å². The summed E-state index contributed by atoms with van der Waals surface area (Å²) in [6.07, 6.45) is 3.01. The van der Waals surface area contributed by atoms with Crippen molar-refractivity contribution in [3.05, 3.63) is 0 Å². The van der Waals surface area contributed by atoms with Crippen molar-refractivity contribution < 1.29 is 29.0 Å². The van der Waals surface area contributed by atoms with Crippen LogP contribution in [0.3, 0.4) is 0 Å². The number of nitrogens with zero attached hydrogens (tertiary/aromatic N) is 1. The smallest absolute Gasteiger partial charge is 0.312 e. The fourth-order valence-electron chi connectivity index (χ4n) is 6.72. The normalized spacial score (nSPS) is 33.4. The highest BCUT2D eigenvalue weighted by molar-refractivity contribution is 5.98. The Morgan fingerprint density at radius 1 is 1.21 bits per heavy atom. The van der Waals surface area contributed by atoms with Gasteiger partial charge in [-0.25, -0.2) is 0 Å². The minimum Gasteiger partial charge on any atom is -0.466 e. The standard InChI is InChI=1S/C25H42N2O6/c1-8-32-21(31)17-16-20(30)27(13-9-10-14-28)18(25(16)12-11-24(17,7)33-25)19(29)26-23(5,6)15-22(2,3)4/h16-18,28H,8-15H2,1-7H3,(H,26,29)/t16-,17+,18?,24-,25?/m0/s1. The number of esters is 1. The molecule has 2 amide bonds. The number of ether oxygens (including phenoxy) is 2. The predicted molar refractivity (Wildman–Crippen MR) is 123 cm³/mol. The Balaban J connectivity index is 1.97. The van der Waals surface area contributed by atoms with Gasteiger partial charge in [0.05, 0.1) is 18.1 Å². The van der Waals surface area contributed by atoms with Gasteiger partial charge in [-0.3, -0.25) is 14.4 Å². The molecule has 3 rings (SSSR count). The van der Waals surface area contributed by atoms with E-state index in [1.807, 2.05) is 20.8 Å². The number of nitrogens with one attached hydrogen (secondary N) is 1. The third kappa shape index (κ3) is 4.65. The largest absolute Gasteiger partial charge is 0.466 e. The van der Waals surface area contributed by atoms with E-state index in [1.54, 1.807) is 11.8 Å². The first-order chi connectivity index (χ1) is 15.2. The number of carbonyl (C=O) groups excluding carboxylic acids is 3. The van der Waals surface area contributed by atoms with E-state index in [2.05, 4.69) is 26.1 Å². The van der Waals surface area contributed by atoms with Crippen LogP contribution in [-0.2, 0) is 23.9 Å². The van der Waals surface area contributed by atoms with E-state index >= 15 is 0 Å². The van der Waals surface area contributed by atoms with E-state index in [0.29, 0.717) is 32.2 Å². The number of aliphatic hydroxyl groups excluding tert-OH is 1. The van der Waals surface area contributed by atoms with E-state index in [1.165, 1.54) is 0 Å². The second-order valence-electron chi connectivity index (χ2n) is 12.1. The molecule has 0 aromatic heterocycles. The lowest BCUT2D eigenvalue weighted by Gasteiger charge is -2.38. The lowest BCUT2D eigenvalue weighted by atomic mass is 9.66. The summed E-state index contributed by atoms with van der Waals surface area (Å²) in [4.78, 5) is 42.1. The van der Waals surface area contributed by atoms with Crippen LogP contribution in [-0.4, -0.2) is 70.3 Å². The van der Waals surface area contributed by atoms with E-state index in [-0.39, 0.29) is 30.4 Å². The van der Waals surface area contributed by atoms with Crippen LogP contribution < -0.4 is 5.32 Å². The fourth-order valence-corrected chi connectivity index (χ4v) is 6.72. The first-order valence-electron chi connectivity index (χ1n) is 12.3. The van der Waals surface area contributed by atoms with Gasteiger partial charge < -0.3 is 24.8 Å². The summed E-state index contributed by atoms with van der Waals surface area (Å²) < 4.78 is 11.9. The summed E-state index contributed by atoms with van der Waals surface area (Å²) in [5.74, 6) is -2.34. The maximum absolute atomic E-state index is 13.8. The van der Waals surface area contributed by atoms with E-state index in [4.69, 9.17) is 9.47 Å². The zero-order valence-corrected chi connectivity index (χ0v) is 21.3. The molecule has 0 aromatic carbocycles. The Labute approximate surface area is 197 Å². The summed E-state index contributed by atoms with van der Waals surface area (Å²) in [7, 11) is 0. The van der Waals surface area contributed by atoms with Crippen molar-refractivity contribution in [2.75, 3.05) is 19.8 Å². The number of carbonyl (C=O) groups is 3. The maximum Gasteiger partial charge on any atom is 0.312 e. The number of unbranched alkanes of at least 4 members (excludes halogenated alkanes) is 1. The van der Waals surface area contributed by atoms with Gasteiger partial charge in [-0.15, -0.1) is 0 Å². The van der Waals surface area contributed by atoms with Crippen molar-refractivity contribution in [3.63, 3.8) is 0 Å². The second-order valence-corrected chi connectivity index (χ2v) is 12.1. The van der Waals surface area contributed by atoms with Gasteiger partial charge in [0.2, 0.25) is 11.8 Å². The van der Waals surface area contributed by atoms with Crippen LogP contribution in [0.4, 0.5) is 0 Å². The van der Waals surface area contributed by atoms with Crippen LogP contribution in [0.5, 0.6) is 0 Å². The van der Waals surface area contributed by atoms with Gasteiger partial charge in [0.15, 0.2) is 0 Å². The topological polar surface area (TPSA) is 105 Å². The Bertz CT molecular complexity index is 790. The SMILES string of the molecule is CCOC(=O)[C@H]1[C@H]2C(=O)N(CCCCO)C(C(=O)NC(C)(C)CC(C)(C)C)C23CC[C@]1(C)O3. The molecule has 2 bridgehead atoms.